The summed E-state index contributed by atoms with van der Waals surface area (Å²) in [7, 11) is -3.68. The van der Waals surface area contributed by atoms with E-state index < -0.39 is 21.4 Å². The summed E-state index contributed by atoms with van der Waals surface area (Å²) in [6, 6.07) is 3.52. The van der Waals surface area contributed by atoms with Crippen LogP contribution in [0.25, 0.3) is 0 Å². The largest absolute Gasteiger partial charge is 0.381 e. The number of ether oxygens (including phenoxy) is 1. The maximum Gasteiger partial charge on any atom is 0.242 e. The lowest BCUT2D eigenvalue weighted by Crippen LogP contribution is -2.49. The second kappa shape index (κ2) is 5.47. The third-order valence-corrected chi connectivity index (χ3v) is 5.78. The number of halogens is 2. The van der Waals surface area contributed by atoms with E-state index in [1.165, 1.54) is 6.07 Å². The predicted octanol–water partition coefficient (Wildman–Crippen LogP) is 2.44. The van der Waals surface area contributed by atoms with Gasteiger partial charge in [0.15, 0.2) is 0 Å². The molecule has 7 heteroatoms. The zero-order valence-corrected chi connectivity index (χ0v) is 12.9. The molecule has 19 heavy (non-hydrogen) atoms. The Kier molecular flexibility index (Phi) is 4.29. The van der Waals surface area contributed by atoms with Crippen LogP contribution in [-0.4, -0.2) is 27.2 Å². The molecule has 1 N–H and O–H groups in total. The molecule has 1 aromatic carbocycles. The first-order valence-electron chi connectivity index (χ1n) is 5.89. The second-order valence-corrected chi connectivity index (χ2v) is 7.36. The van der Waals surface area contributed by atoms with Crippen molar-refractivity contribution >= 4 is 26.0 Å². The van der Waals surface area contributed by atoms with Gasteiger partial charge in [0.05, 0.1) is 4.90 Å². The Balaban J connectivity index is 2.27. The summed E-state index contributed by atoms with van der Waals surface area (Å²) >= 11 is 3.08. The molecule has 1 fully saturated rings. The van der Waals surface area contributed by atoms with E-state index in [9.17, 15) is 12.8 Å². The minimum Gasteiger partial charge on any atom is -0.381 e. The molecule has 1 heterocycles. The van der Waals surface area contributed by atoms with Crippen LogP contribution in [0.1, 0.15) is 19.8 Å². The topological polar surface area (TPSA) is 55.4 Å². The third-order valence-electron chi connectivity index (χ3n) is 3.16. The minimum absolute atomic E-state index is 0.0432. The van der Waals surface area contributed by atoms with Crippen LogP contribution in [0.4, 0.5) is 4.39 Å². The van der Waals surface area contributed by atoms with Crippen molar-refractivity contribution in [3.63, 3.8) is 0 Å². The summed E-state index contributed by atoms with van der Waals surface area (Å²) in [6.07, 6.45) is 1.23. The Morgan fingerprint density at radius 3 is 2.58 bits per heavy atom. The van der Waals surface area contributed by atoms with Crippen LogP contribution in [0.3, 0.4) is 0 Å². The van der Waals surface area contributed by atoms with Gasteiger partial charge in [-0.1, -0.05) is 0 Å². The van der Waals surface area contributed by atoms with Gasteiger partial charge in [-0.25, -0.2) is 17.5 Å². The normalized spacial score (nSPS) is 19.3. The van der Waals surface area contributed by atoms with Crippen molar-refractivity contribution in [3.05, 3.63) is 28.5 Å². The molecule has 0 aromatic heterocycles. The first kappa shape index (κ1) is 14.9. The quantitative estimate of drug-likeness (QED) is 0.909. The number of benzene rings is 1. The average molecular weight is 352 g/mol. The Hall–Kier alpha value is -0.500. The maximum atomic E-state index is 13.0. The first-order chi connectivity index (χ1) is 8.82. The Morgan fingerprint density at radius 1 is 1.37 bits per heavy atom. The van der Waals surface area contributed by atoms with Gasteiger partial charge in [0.25, 0.3) is 0 Å². The van der Waals surface area contributed by atoms with Gasteiger partial charge >= 0.3 is 0 Å². The molecule has 0 radical (unpaired) electrons. The molecule has 1 aliphatic rings. The van der Waals surface area contributed by atoms with Gasteiger partial charge in [-0.05, 0) is 53.9 Å². The van der Waals surface area contributed by atoms with E-state index in [2.05, 4.69) is 20.7 Å². The van der Waals surface area contributed by atoms with Crippen LogP contribution in [0.15, 0.2) is 27.6 Å². The maximum absolute atomic E-state index is 13.0. The lowest BCUT2D eigenvalue weighted by Gasteiger charge is -2.34. The van der Waals surface area contributed by atoms with E-state index in [-0.39, 0.29) is 9.37 Å². The summed E-state index contributed by atoms with van der Waals surface area (Å²) < 4.78 is 45.8. The van der Waals surface area contributed by atoms with E-state index >= 15 is 0 Å². The molecule has 0 saturated carbocycles. The van der Waals surface area contributed by atoms with Crippen molar-refractivity contribution < 1.29 is 17.5 Å². The summed E-state index contributed by atoms with van der Waals surface area (Å²) in [4.78, 5) is 0.0432. The number of nitrogens with one attached hydrogen (secondary N) is 1. The Bertz CT molecular complexity index is 570. The van der Waals surface area contributed by atoms with E-state index in [0.717, 1.165) is 12.1 Å². The molecule has 0 aliphatic carbocycles. The summed E-state index contributed by atoms with van der Waals surface area (Å²) in [6.45, 7) is 2.91. The van der Waals surface area contributed by atoms with E-state index in [1.54, 1.807) is 0 Å². The second-order valence-electron chi connectivity index (χ2n) is 4.85. The van der Waals surface area contributed by atoms with Gasteiger partial charge in [0.1, 0.15) is 5.82 Å². The fourth-order valence-electron chi connectivity index (χ4n) is 2.00. The van der Waals surface area contributed by atoms with Crippen molar-refractivity contribution in [2.75, 3.05) is 13.2 Å². The minimum atomic E-state index is -3.68. The first-order valence-corrected chi connectivity index (χ1v) is 8.17. The summed E-state index contributed by atoms with van der Waals surface area (Å²) in [5.41, 5.74) is -0.523. The lowest BCUT2D eigenvalue weighted by molar-refractivity contribution is 0.0537. The summed E-state index contributed by atoms with van der Waals surface area (Å²) in [5.74, 6) is -0.483. The van der Waals surface area contributed by atoms with E-state index in [1.807, 2.05) is 6.92 Å². The molecule has 0 spiro atoms. The molecule has 0 amide bonds. The van der Waals surface area contributed by atoms with Crippen molar-refractivity contribution in [2.45, 2.75) is 30.2 Å². The predicted molar refractivity (Wildman–Crippen MR) is 72.9 cm³/mol. The molecule has 106 valence electrons. The van der Waals surface area contributed by atoms with Gasteiger partial charge in [-0.15, -0.1) is 0 Å². The van der Waals surface area contributed by atoms with E-state index in [4.69, 9.17) is 4.74 Å². The zero-order chi connectivity index (χ0) is 14.1. The fourth-order valence-corrected chi connectivity index (χ4v) is 4.51. The molecular formula is C12H15BrFNO3S. The average Bonchev–Trinajstić information content (AvgIpc) is 2.27. The molecule has 0 unspecified atom stereocenters. The SMILES string of the molecule is CC1(NS(=O)(=O)c2ccc(F)cc2Br)CCOCC1. The number of hydrogen-bond donors (Lipinski definition) is 1. The molecule has 0 atom stereocenters. The van der Waals surface area contributed by atoms with E-state index in [0.29, 0.717) is 26.1 Å². The van der Waals surface area contributed by atoms with Gasteiger partial charge < -0.3 is 4.74 Å². The third kappa shape index (κ3) is 3.53. The summed E-state index contributed by atoms with van der Waals surface area (Å²) in [5, 5.41) is 0. The van der Waals surface area contributed by atoms with Crippen molar-refractivity contribution in [1.82, 2.24) is 4.72 Å². The molecule has 1 saturated heterocycles. The van der Waals surface area contributed by atoms with Crippen molar-refractivity contribution in [3.8, 4) is 0 Å². The molecule has 0 bridgehead atoms. The van der Waals surface area contributed by atoms with Crippen LogP contribution >= 0.6 is 15.9 Å². The highest BCUT2D eigenvalue weighted by Gasteiger charge is 2.33. The van der Waals surface area contributed by atoms with Crippen molar-refractivity contribution in [2.24, 2.45) is 0 Å². The molecule has 1 aromatic rings. The smallest absolute Gasteiger partial charge is 0.242 e. The highest BCUT2D eigenvalue weighted by Crippen LogP contribution is 2.27. The zero-order valence-electron chi connectivity index (χ0n) is 10.4. The number of rotatable bonds is 3. The van der Waals surface area contributed by atoms with Crippen LogP contribution < -0.4 is 4.72 Å². The van der Waals surface area contributed by atoms with Crippen LogP contribution in [0.5, 0.6) is 0 Å². The lowest BCUT2D eigenvalue weighted by atomic mass is 9.94. The van der Waals surface area contributed by atoms with Gasteiger partial charge in [0.2, 0.25) is 10.0 Å². The molecule has 2 rings (SSSR count). The van der Waals surface area contributed by atoms with Gasteiger partial charge in [-0.3, -0.25) is 0 Å². The number of hydrogen-bond acceptors (Lipinski definition) is 3. The van der Waals surface area contributed by atoms with Crippen LogP contribution in [0, 0.1) is 5.82 Å². The molecule has 4 nitrogen and oxygen atoms in total. The highest BCUT2D eigenvalue weighted by molar-refractivity contribution is 9.10. The standard InChI is InChI=1S/C12H15BrFNO3S/c1-12(4-6-18-7-5-12)15-19(16,17)11-3-2-9(14)8-10(11)13/h2-3,8,15H,4-7H2,1H3. The molecule has 1 aliphatic heterocycles. The van der Waals surface area contributed by atoms with Crippen LogP contribution in [-0.2, 0) is 14.8 Å². The van der Waals surface area contributed by atoms with Gasteiger partial charge in [0, 0.05) is 23.2 Å². The fraction of sp³-hybridized carbons (Fsp3) is 0.500. The van der Waals surface area contributed by atoms with Crippen molar-refractivity contribution in [1.29, 1.82) is 0 Å². The monoisotopic (exact) mass is 351 g/mol. The van der Waals surface area contributed by atoms with Crippen LogP contribution in [0.2, 0.25) is 0 Å². The van der Waals surface area contributed by atoms with Gasteiger partial charge in [-0.2, -0.15) is 0 Å². The highest BCUT2D eigenvalue weighted by atomic mass is 79.9. The molecular weight excluding hydrogens is 337 g/mol. The Labute approximate surface area is 120 Å². The number of sulfonamides is 1. The Morgan fingerprint density at radius 2 is 2.00 bits per heavy atom.